The van der Waals surface area contributed by atoms with Crippen LogP contribution in [-0.4, -0.2) is 9.78 Å². The highest BCUT2D eigenvalue weighted by Crippen LogP contribution is 2.25. The highest BCUT2D eigenvalue weighted by Gasteiger charge is 2.16. The average Bonchev–Trinajstić information content (AvgIpc) is 2.46. The van der Waals surface area contributed by atoms with E-state index in [1.807, 2.05) is 51.5 Å². The van der Waals surface area contributed by atoms with Gasteiger partial charge in [0.05, 0.1) is 10.9 Å². The Kier molecular flexibility index (Phi) is 3.86. The average molecular weight is 368 g/mol. The molecule has 3 rings (SSSR count). The minimum atomic E-state index is 0.0519. The smallest absolute Gasteiger partial charge is 0.221 e. The molecule has 19 heavy (non-hydrogen) atoms. The summed E-state index contributed by atoms with van der Waals surface area (Å²) in [5.74, 6) is 0.711. The van der Waals surface area contributed by atoms with Crippen LogP contribution in [0.25, 0.3) is 10.9 Å². The fraction of sp³-hybridized carbons (Fsp3) is 0.467. The Morgan fingerprint density at radius 1 is 1.21 bits per heavy atom. The summed E-state index contributed by atoms with van der Waals surface area (Å²) in [6, 6.07) is 7.81. The second kappa shape index (κ2) is 5.61. The van der Waals surface area contributed by atoms with E-state index >= 15 is 0 Å². The number of halogens is 1. The lowest BCUT2D eigenvalue weighted by Gasteiger charge is -2.23. The van der Waals surface area contributed by atoms with Crippen LogP contribution >= 0.6 is 22.6 Å². The van der Waals surface area contributed by atoms with Crippen molar-refractivity contribution in [2.45, 2.75) is 38.6 Å². The van der Waals surface area contributed by atoms with Gasteiger partial charge in [-0.25, -0.2) is 0 Å². The standard InChI is InChI=1S/C15H17IN2O/c16-15-14(19)12-8-4-5-9-13(12)18(17-15)10-11-6-2-1-3-7-11/h4-5,8-9,11H,1-3,6-7,10H2. The van der Waals surface area contributed by atoms with E-state index in [0.29, 0.717) is 9.62 Å². The van der Waals surface area contributed by atoms with Gasteiger partial charge in [-0.3, -0.25) is 9.48 Å². The van der Waals surface area contributed by atoms with Crippen molar-refractivity contribution in [2.75, 3.05) is 0 Å². The SMILES string of the molecule is O=c1c(I)nn(CC2CCCCC2)c2ccccc12. The Bertz CT molecular complexity index is 644. The molecule has 100 valence electrons. The predicted octanol–water partition coefficient (Wildman–Crippen LogP) is 3.58. The van der Waals surface area contributed by atoms with Crippen LogP contribution in [0.15, 0.2) is 29.1 Å². The second-order valence-corrected chi connectivity index (χ2v) is 6.35. The number of nitrogens with zero attached hydrogens (tertiary/aromatic N) is 2. The second-order valence-electron chi connectivity index (χ2n) is 5.32. The third-order valence-corrected chi connectivity index (χ3v) is 4.68. The summed E-state index contributed by atoms with van der Waals surface area (Å²) in [6.07, 6.45) is 6.61. The molecule has 4 heteroatoms. The number of fused-ring (bicyclic) bond motifs is 1. The van der Waals surface area contributed by atoms with Crippen molar-refractivity contribution in [3.05, 3.63) is 38.2 Å². The molecule has 0 spiro atoms. The van der Waals surface area contributed by atoms with E-state index in [9.17, 15) is 4.79 Å². The molecule has 1 fully saturated rings. The molecule has 0 bridgehead atoms. The third-order valence-electron chi connectivity index (χ3n) is 3.98. The fourth-order valence-electron chi connectivity index (χ4n) is 2.96. The molecule has 1 aliphatic carbocycles. The Hall–Kier alpha value is -0.910. The summed E-state index contributed by atoms with van der Waals surface area (Å²) < 4.78 is 2.61. The number of para-hydroxylation sites is 1. The van der Waals surface area contributed by atoms with Gasteiger partial charge in [0, 0.05) is 6.54 Å². The van der Waals surface area contributed by atoms with Gasteiger partial charge in [0.15, 0.2) is 3.70 Å². The Balaban J connectivity index is 2.02. The van der Waals surface area contributed by atoms with Crippen molar-refractivity contribution in [3.63, 3.8) is 0 Å². The summed E-state index contributed by atoms with van der Waals surface area (Å²) >= 11 is 2.05. The molecule has 1 aromatic heterocycles. The van der Waals surface area contributed by atoms with Gasteiger partial charge in [-0.05, 0) is 53.5 Å². The van der Waals surface area contributed by atoms with E-state index < -0.39 is 0 Å². The van der Waals surface area contributed by atoms with Crippen molar-refractivity contribution in [2.24, 2.45) is 5.92 Å². The molecular weight excluding hydrogens is 351 g/mol. The molecule has 0 amide bonds. The first-order chi connectivity index (χ1) is 9.25. The summed E-state index contributed by atoms with van der Waals surface area (Å²) in [7, 11) is 0. The third kappa shape index (κ3) is 2.68. The largest absolute Gasteiger partial charge is 0.286 e. The lowest BCUT2D eigenvalue weighted by atomic mass is 9.89. The first kappa shape index (κ1) is 13.1. The molecule has 0 saturated heterocycles. The van der Waals surface area contributed by atoms with Crippen molar-refractivity contribution in [1.82, 2.24) is 9.78 Å². The minimum absolute atomic E-state index is 0.0519. The lowest BCUT2D eigenvalue weighted by Crippen LogP contribution is -2.21. The molecule has 3 nitrogen and oxygen atoms in total. The van der Waals surface area contributed by atoms with Gasteiger partial charge < -0.3 is 0 Å². The molecule has 1 aromatic carbocycles. The van der Waals surface area contributed by atoms with Crippen LogP contribution in [0.3, 0.4) is 0 Å². The van der Waals surface area contributed by atoms with Crippen LogP contribution in [0, 0.1) is 9.62 Å². The highest BCUT2D eigenvalue weighted by atomic mass is 127. The summed E-state index contributed by atoms with van der Waals surface area (Å²) in [4.78, 5) is 12.1. The zero-order chi connectivity index (χ0) is 13.2. The summed E-state index contributed by atoms with van der Waals surface area (Å²) in [6.45, 7) is 0.941. The number of hydrogen-bond acceptors (Lipinski definition) is 2. The Labute approximate surface area is 126 Å². The molecule has 0 atom stereocenters. The van der Waals surface area contributed by atoms with E-state index in [2.05, 4.69) is 5.10 Å². The van der Waals surface area contributed by atoms with Crippen molar-refractivity contribution < 1.29 is 0 Å². The van der Waals surface area contributed by atoms with Gasteiger partial charge in [-0.2, -0.15) is 5.10 Å². The number of benzene rings is 1. The van der Waals surface area contributed by atoms with Crippen LogP contribution in [0.2, 0.25) is 0 Å². The molecule has 0 aliphatic heterocycles. The van der Waals surface area contributed by atoms with Gasteiger partial charge >= 0.3 is 0 Å². The summed E-state index contributed by atoms with van der Waals surface area (Å²) in [5, 5.41) is 5.28. The van der Waals surface area contributed by atoms with Gasteiger partial charge in [0.2, 0.25) is 5.43 Å². The van der Waals surface area contributed by atoms with E-state index in [1.54, 1.807) is 0 Å². The first-order valence-electron chi connectivity index (χ1n) is 6.91. The zero-order valence-electron chi connectivity index (χ0n) is 10.8. The molecule has 0 radical (unpaired) electrons. The number of rotatable bonds is 2. The first-order valence-corrected chi connectivity index (χ1v) is 7.99. The molecule has 1 heterocycles. The Morgan fingerprint density at radius 2 is 1.95 bits per heavy atom. The molecule has 0 unspecified atom stereocenters. The van der Waals surface area contributed by atoms with Crippen LogP contribution in [0.1, 0.15) is 32.1 Å². The van der Waals surface area contributed by atoms with E-state index in [1.165, 1.54) is 32.1 Å². The van der Waals surface area contributed by atoms with E-state index in [-0.39, 0.29) is 5.43 Å². The number of aromatic nitrogens is 2. The predicted molar refractivity (Wildman–Crippen MR) is 85.3 cm³/mol. The van der Waals surface area contributed by atoms with Crippen LogP contribution in [-0.2, 0) is 6.54 Å². The lowest BCUT2D eigenvalue weighted by molar-refractivity contribution is 0.310. The topological polar surface area (TPSA) is 34.9 Å². The minimum Gasteiger partial charge on any atom is -0.286 e. The van der Waals surface area contributed by atoms with Gasteiger partial charge in [0.1, 0.15) is 0 Å². The van der Waals surface area contributed by atoms with Crippen LogP contribution in [0.4, 0.5) is 0 Å². The Morgan fingerprint density at radius 3 is 2.74 bits per heavy atom. The quantitative estimate of drug-likeness (QED) is 0.760. The van der Waals surface area contributed by atoms with Crippen LogP contribution < -0.4 is 5.43 Å². The molecule has 1 saturated carbocycles. The normalized spacial score (nSPS) is 16.9. The maximum Gasteiger partial charge on any atom is 0.221 e. The van der Waals surface area contributed by atoms with Crippen molar-refractivity contribution in [1.29, 1.82) is 0 Å². The maximum atomic E-state index is 12.1. The number of hydrogen-bond donors (Lipinski definition) is 0. The van der Waals surface area contributed by atoms with Crippen molar-refractivity contribution in [3.8, 4) is 0 Å². The molecule has 2 aromatic rings. The molecular formula is C15H17IN2O. The fourth-order valence-corrected chi connectivity index (χ4v) is 3.51. The maximum absolute atomic E-state index is 12.1. The molecule has 1 aliphatic rings. The van der Waals surface area contributed by atoms with Crippen molar-refractivity contribution >= 4 is 33.5 Å². The van der Waals surface area contributed by atoms with E-state index in [4.69, 9.17) is 0 Å². The van der Waals surface area contributed by atoms with Crippen LogP contribution in [0.5, 0.6) is 0 Å². The zero-order valence-corrected chi connectivity index (χ0v) is 13.0. The van der Waals surface area contributed by atoms with E-state index in [0.717, 1.165) is 17.4 Å². The monoisotopic (exact) mass is 368 g/mol. The highest BCUT2D eigenvalue weighted by molar-refractivity contribution is 14.1. The summed E-state index contributed by atoms with van der Waals surface area (Å²) in [5.41, 5.74) is 1.02. The van der Waals surface area contributed by atoms with Gasteiger partial charge in [-0.1, -0.05) is 31.4 Å². The van der Waals surface area contributed by atoms with Gasteiger partial charge in [-0.15, -0.1) is 0 Å². The molecule has 0 N–H and O–H groups in total. The van der Waals surface area contributed by atoms with Gasteiger partial charge in [0.25, 0.3) is 0 Å².